The highest BCUT2D eigenvalue weighted by Gasteiger charge is 2.09. The molecule has 0 heterocycles. The number of carboxylic acid groups (broad SMARTS) is 1. The zero-order chi connectivity index (χ0) is 12.8. The van der Waals surface area contributed by atoms with Gasteiger partial charge in [0, 0.05) is 16.2 Å². The van der Waals surface area contributed by atoms with Gasteiger partial charge in [-0.25, -0.2) is 4.79 Å². The van der Waals surface area contributed by atoms with Crippen LogP contribution in [0.15, 0.2) is 23.8 Å². The van der Waals surface area contributed by atoms with Crippen molar-refractivity contribution < 1.29 is 14.6 Å². The van der Waals surface area contributed by atoms with Gasteiger partial charge < -0.3 is 15.6 Å². The number of hydrogen-bond donors (Lipinski definition) is 2. The third-order valence-electron chi connectivity index (χ3n) is 2.21. The molecule has 0 radical (unpaired) electrons. The summed E-state index contributed by atoms with van der Waals surface area (Å²) in [5, 5.41) is 9.52. The van der Waals surface area contributed by atoms with Crippen molar-refractivity contribution in [3.8, 4) is 5.75 Å². The molecule has 5 heteroatoms. The molecule has 1 aromatic rings. The predicted molar refractivity (Wildman–Crippen MR) is 67.3 cm³/mol. The van der Waals surface area contributed by atoms with Crippen molar-refractivity contribution in [1.82, 2.24) is 0 Å². The van der Waals surface area contributed by atoms with Gasteiger partial charge in [0.05, 0.1) is 7.11 Å². The van der Waals surface area contributed by atoms with E-state index in [9.17, 15) is 4.79 Å². The van der Waals surface area contributed by atoms with Crippen molar-refractivity contribution in [2.24, 2.45) is 5.73 Å². The van der Waals surface area contributed by atoms with E-state index in [-0.39, 0.29) is 12.1 Å². The lowest BCUT2D eigenvalue weighted by Gasteiger charge is -2.06. The second kappa shape index (κ2) is 6.27. The maximum absolute atomic E-state index is 11.0. The third-order valence-corrected chi connectivity index (χ3v) is 2.44. The Hall–Kier alpha value is -1.52. The van der Waals surface area contributed by atoms with Crippen LogP contribution in [0.1, 0.15) is 12.0 Å². The molecule has 0 aliphatic carbocycles. The number of ether oxygens (including phenoxy) is 1. The summed E-state index contributed by atoms with van der Waals surface area (Å²) in [5.41, 5.74) is 6.22. The summed E-state index contributed by atoms with van der Waals surface area (Å²) >= 11 is 5.86. The minimum Gasteiger partial charge on any atom is -0.496 e. The first-order valence-corrected chi connectivity index (χ1v) is 5.43. The standard InChI is InChI=1S/C12H14ClNO3/c1-17-11-3-2-10(13)7-9(11)6-8(4-5-14)12(15)16/h2-3,6-7H,4-5,14H2,1H3,(H,15,16). The number of carboxylic acids is 1. The Morgan fingerprint density at radius 2 is 2.29 bits per heavy atom. The molecule has 0 aliphatic heterocycles. The molecule has 0 bridgehead atoms. The topological polar surface area (TPSA) is 72.5 Å². The van der Waals surface area contributed by atoms with Crippen LogP contribution in [0.2, 0.25) is 5.02 Å². The summed E-state index contributed by atoms with van der Waals surface area (Å²) in [6.07, 6.45) is 1.82. The molecule has 0 amide bonds. The summed E-state index contributed by atoms with van der Waals surface area (Å²) in [7, 11) is 1.52. The van der Waals surface area contributed by atoms with Crippen LogP contribution in [0, 0.1) is 0 Å². The molecule has 0 aliphatic rings. The van der Waals surface area contributed by atoms with E-state index < -0.39 is 5.97 Å². The second-order valence-electron chi connectivity index (χ2n) is 3.40. The van der Waals surface area contributed by atoms with Gasteiger partial charge in [0.15, 0.2) is 0 Å². The molecule has 17 heavy (non-hydrogen) atoms. The fraction of sp³-hybridized carbons (Fsp3) is 0.250. The molecule has 4 nitrogen and oxygen atoms in total. The maximum atomic E-state index is 11.0. The van der Waals surface area contributed by atoms with Crippen molar-refractivity contribution in [2.75, 3.05) is 13.7 Å². The maximum Gasteiger partial charge on any atom is 0.331 e. The quantitative estimate of drug-likeness (QED) is 0.791. The fourth-order valence-electron chi connectivity index (χ4n) is 1.40. The van der Waals surface area contributed by atoms with E-state index in [0.29, 0.717) is 22.8 Å². The first-order valence-electron chi connectivity index (χ1n) is 5.06. The van der Waals surface area contributed by atoms with Crippen LogP contribution in [0.5, 0.6) is 5.75 Å². The summed E-state index contributed by atoms with van der Waals surface area (Å²) in [6, 6.07) is 5.02. The lowest BCUT2D eigenvalue weighted by atomic mass is 10.1. The highest BCUT2D eigenvalue weighted by Crippen LogP contribution is 2.25. The fourth-order valence-corrected chi connectivity index (χ4v) is 1.58. The van der Waals surface area contributed by atoms with Crippen LogP contribution in [0.25, 0.3) is 6.08 Å². The van der Waals surface area contributed by atoms with Crippen molar-refractivity contribution >= 4 is 23.6 Å². The average molecular weight is 256 g/mol. The number of rotatable bonds is 5. The highest BCUT2D eigenvalue weighted by molar-refractivity contribution is 6.30. The first kappa shape index (κ1) is 13.5. The molecule has 0 fully saturated rings. The SMILES string of the molecule is COc1ccc(Cl)cc1C=C(CCN)C(=O)O. The first-order chi connectivity index (χ1) is 8.08. The Labute approximate surface area is 105 Å². The molecule has 1 rings (SSSR count). The van der Waals surface area contributed by atoms with Gasteiger partial charge in [-0.1, -0.05) is 11.6 Å². The molecule has 0 atom stereocenters. The van der Waals surface area contributed by atoms with E-state index in [4.69, 9.17) is 27.2 Å². The number of halogens is 1. The van der Waals surface area contributed by atoms with Crippen molar-refractivity contribution in [3.63, 3.8) is 0 Å². The van der Waals surface area contributed by atoms with Crippen molar-refractivity contribution in [3.05, 3.63) is 34.4 Å². The largest absolute Gasteiger partial charge is 0.496 e. The minimum absolute atomic E-state index is 0.230. The van der Waals surface area contributed by atoms with Crippen LogP contribution >= 0.6 is 11.6 Å². The molecule has 0 saturated carbocycles. The summed E-state index contributed by atoms with van der Waals surface area (Å²) in [6.45, 7) is 0.279. The van der Waals surface area contributed by atoms with Gasteiger partial charge in [-0.2, -0.15) is 0 Å². The van der Waals surface area contributed by atoms with Gasteiger partial charge in [-0.05, 0) is 37.2 Å². The van der Waals surface area contributed by atoms with Gasteiger partial charge in [0.1, 0.15) is 5.75 Å². The monoisotopic (exact) mass is 255 g/mol. The van der Waals surface area contributed by atoms with Crippen LogP contribution in [-0.2, 0) is 4.79 Å². The number of methoxy groups -OCH3 is 1. The molecule has 0 saturated heterocycles. The van der Waals surface area contributed by atoms with Crippen LogP contribution in [-0.4, -0.2) is 24.7 Å². The minimum atomic E-state index is -0.988. The van der Waals surface area contributed by atoms with E-state index in [0.717, 1.165) is 0 Å². The number of aliphatic carboxylic acids is 1. The Morgan fingerprint density at radius 3 is 2.82 bits per heavy atom. The van der Waals surface area contributed by atoms with Crippen molar-refractivity contribution in [1.29, 1.82) is 0 Å². The molecule has 0 aromatic heterocycles. The number of hydrogen-bond acceptors (Lipinski definition) is 3. The number of carbonyl (C=O) groups is 1. The molecule has 0 unspecified atom stereocenters. The van der Waals surface area contributed by atoms with E-state index in [2.05, 4.69) is 0 Å². The van der Waals surface area contributed by atoms with Gasteiger partial charge >= 0.3 is 5.97 Å². The Morgan fingerprint density at radius 1 is 1.59 bits per heavy atom. The predicted octanol–water partition coefficient (Wildman–Crippen LogP) is 2.17. The molecule has 3 N–H and O–H groups in total. The van der Waals surface area contributed by atoms with Crippen LogP contribution in [0.4, 0.5) is 0 Å². The van der Waals surface area contributed by atoms with Crippen LogP contribution < -0.4 is 10.5 Å². The Kier molecular flexibility index (Phi) is 5.00. The van der Waals surface area contributed by atoms with E-state index in [1.165, 1.54) is 13.2 Å². The zero-order valence-electron chi connectivity index (χ0n) is 9.44. The molecular weight excluding hydrogens is 242 g/mol. The second-order valence-corrected chi connectivity index (χ2v) is 3.84. The molecule has 92 valence electrons. The number of benzene rings is 1. The molecular formula is C12H14ClNO3. The van der Waals surface area contributed by atoms with E-state index >= 15 is 0 Å². The zero-order valence-corrected chi connectivity index (χ0v) is 10.2. The van der Waals surface area contributed by atoms with Gasteiger partial charge in [-0.3, -0.25) is 0 Å². The summed E-state index contributed by atoms with van der Waals surface area (Å²) in [5.74, 6) is -0.414. The van der Waals surface area contributed by atoms with Gasteiger partial charge in [-0.15, -0.1) is 0 Å². The van der Waals surface area contributed by atoms with E-state index in [1.54, 1.807) is 18.2 Å². The smallest absolute Gasteiger partial charge is 0.331 e. The molecule has 0 spiro atoms. The average Bonchev–Trinajstić information content (AvgIpc) is 2.28. The summed E-state index contributed by atoms with van der Waals surface area (Å²) in [4.78, 5) is 11.0. The van der Waals surface area contributed by atoms with Crippen molar-refractivity contribution in [2.45, 2.75) is 6.42 Å². The summed E-state index contributed by atoms with van der Waals surface area (Å²) < 4.78 is 5.13. The Balaban J connectivity index is 3.17. The lowest BCUT2D eigenvalue weighted by molar-refractivity contribution is -0.132. The van der Waals surface area contributed by atoms with Gasteiger partial charge in [0.25, 0.3) is 0 Å². The number of nitrogens with two attached hydrogens (primary N) is 1. The Bertz CT molecular complexity index is 443. The lowest BCUT2D eigenvalue weighted by Crippen LogP contribution is -2.07. The normalized spacial score (nSPS) is 11.4. The van der Waals surface area contributed by atoms with Gasteiger partial charge in [0.2, 0.25) is 0 Å². The highest BCUT2D eigenvalue weighted by atomic mass is 35.5. The molecule has 1 aromatic carbocycles. The van der Waals surface area contributed by atoms with Crippen LogP contribution in [0.3, 0.4) is 0 Å². The van der Waals surface area contributed by atoms with E-state index in [1.807, 2.05) is 0 Å². The third kappa shape index (κ3) is 3.76.